The smallest absolute Gasteiger partial charge is 0.161 e. The third-order valence-corrected chi connectivity index (χ3v) is 5.48. The van der Waals surface area contributed by atoms with Crippen LogP contribution >= 0.6 is 0 Å². The van der Waals surface area contributed by atoms with Gasteiger partial charge in [-0.2, -0.15) is 5.10 Å². The van der Waals surface area contributed by atoms with E-state index in [4.69, 9.17) is 9.97 Å². The van der Waals surface area contributed by atoms with Crippen LogP contribution in [0.25, 0.3) is 11.4 Å². The fraction of sp³-hybridized carbons (Fsp3) is 0.400. The second-order valence-electron chi connectivity index (χ2n) is 7.18. The van der Waals surface area contributed by atoms with Crippen LogP contribution in [0.2, 0.25) is 0 Å². The summed E-state index contributed by atoms with van der Waals surface area (Å²) in [5.74, 6) is 1.95. The molecule has 1 fully saturated rings. The summed E-state index contributed by atoms with van der Waals surface area (Å²) >= 11 is 0. The Morgan fingerprint density at radius 1 is 1.08 bits per heavy atom. The van der Waals surface area contributed by atoms with Gasteiger partial charge in [0.25, 0.3) is 0 Å². The number of pyridine rings is 1. The van der Waals surface area contributed by atoms with E-state index in [2.05, 4.69) is 21.2 Å². The van der Waals surface area contributed by atoms with Gasteiger partial charge in [-0.15, -0.1) is 0 Å². The van der Waals surface area contributed by atoms with Crippen molar-refractivity contribution in [2.24, 2.45) is 7.05 Å². The van der Waals surface area contributed by atoms with Crippen molar-refractivity contribution in [2.45, 2.75) is 38.1 Å². The second-order valence-corrected chi connectivity index (χ2v) is 7.18. The summed E-state index contributed by atoms with van der Waals surface area (Å²) in [4.78, 5) is 16.5. The van der Waals surface area contributed by atoms with Crippen molar-refractivity contribution in [3.8, 4) is 11.4 Å². The molecule has 0 radical (unpaired) electrons. The molecule has 1 aliphatic heterocycles. The van der Waals surface area contributed by atoms with Gasteiger partial charge in [-0.05, 0) is 44.2 Å². The molecule has 3 aromatic rings. The Bertz CT molecular complexity index is 933. The van der Waals surface area contributed by atoms with Gasteiger partial charge in [0.15, 0.2) is 5.82 Å². The number of anilines is 1. The van der Waals surface area contributed by atoms with Gasteiger partial charge in [0.2, 0.25) is 0 Å². The molecule has 3 aromatic heterocycles. The molecule has 0 saturated carbocycles. The van der Waals surface area contributed by atoms with Crippen molar-refractivity contribution in [1.82, 2.24) is 24.7 Å². The predicted molar refractivity (Wildman–Crippen MR) is 99.8 cm³/mol. The fourth-order valence-corrected chi connectivity index (χ4v) is 4.26. The van der Waals surface area contributed by atoms with Crippen LogP contribution in [0.4, 0.5) is 5.82 Å². The molecule has 26 heavy (non-hydrogen) atoms. The van der Waals surface area contributed by atoms with Gasteiger partial charge in [0.1, 0.15) is 5.82 Å². The Balaban J connectivity index is 1.60. The lowest BCUT2D eigenvalue weighted by atomic mass is 10.1. The van der Waals surface area contributed by atoms with Gasteiger partial charge >= 0.3 is 0 Å². The molecule has 2 aliphatic rings. The average molecular weight is 346 g/mol. The summed E-state index contributed by atoms with van der Waals surface area (Å²) in [5, 5.41) is 4.38. The largest absolute Gasteiger partial charge is 0.349 e. The highest BCUT2D eigenvalue weighted by Crippen LogP contribution is 2.40. The molecule has 0 N–H and O–H groups in total. The van der Waals surface area contributed by atoms with Crippen LogP contribution in [0.3, 0.4) is 0 Å². The quantitative estimate of drug-likeness (QED) is 0.729. The highest BCUT2D eigenvalue weighted by atomic mass is 15.3. The second kappa shape index (κ2) is 6.20. The Morgan fingerprint density at radius 2 is 1.96 bits per heavy atom. The zero-order chi connectivity index (χ0) is 17.5. The highest BCUT2D eigenvalue weighted by molar-refractivity contribution is 5.62. The minimum Gasteiger partial charge on any atom is -0.349 e. The molecule has 5 rings (SSSR count). The van der Waals surface area contributed by atoms with Gasteiger partial charge in [0.05, 0.1) is 12.2 Å². The summed E-state index contributed by atoms with van der Waals surface area (Å²) in [7, 11) is 1.98. The normalized spacial score (nSPS) is 19.1. The van der Waals surface area contributed by atoms with Crippen LogP contribution in [-0.4, -0.2) is 31.3 Å². The minimum absolute atomic E-state index is 0.355. The van der Waals surface area contributed by atoms with E-state index in [0.717, 1.165) is 43.0 Å². The predicted octanol–water partition coefficient (Wildman–Crippen LogP) is 3.10. The summed E-state index contributed by atoms with van der Waals surface area (Å²) in [6.07, 6.45) is 13.4. The number of fused-ring (bicyclic) bond motifs is 1. The van der Waals surface area contributed by atoms with Crippen molar-refractivity contribution in [3.63, 3.8) is 0 Å². The lowest BCUT2D eigenvalue weighted by Gasteiger charge is -2.27. The molecule has 0 amide bonds. The van der Waals surface area contributed by atoms with E-state index in [1.54, 1.807) is 12.4 Å². The lowest BCUT2D eigenvalue weighted by molar-refractivity contribution is 0.704. The monoisotopic (exact) mass is 346 g/mol. The number of nitrogens with zero attached hydrogens (tertiary/aromatic N) is 6. The standard InChI is InChI=1S/C20H22N6/c1-25-13-15(12-22-25)18-6-3-11-26(18)20-16-4-2-5-17(16)23-19(24-20)14-7-9-21-10-8-14/h7-10,12-13,18H,2-6,11H2,1H3. The summed E-state index contributed by atoms with van der Waals surface area (Å²) in [5.41, 5.74) is 4.88. The first-order chi connectivity index (χ1) is 12.8. The van der Waals surface area contributed by atoms with Crippen molar-refractivity contribution in [2.75, 3.05) is 11.4 Å². The van der Waals surface area contributed by atoms with E-state index in [1.807, 2.05) is 30.1 Å². The third-order valence-electron chi connectivity index (χ3n) is 5.48. The Hall–Kier alpha value is -2.76. The number of aryl methyl sites for hydroxylation is 2. The van der Waals surface area contributed by atoms with Crippen molar-refractivity contribution < 1.29 is 0 Å². The van der Waals surface area contributed by atoms with E-state index < -0.39 is 0 Å². The molecule has 0 aromatic carbocycles. The van der Waals surface area contributed by atoms with Crippen molar-refractivity contribution in [1.29, 1.82) is 0 Å². The number of aromatic nitrogens is 5. The molecule has 4 heterocycles. The SMILES string of the molecule is Cn1cc(C2CCCN2c2nc(-c3ccncc3)nc3c2CCC3)cn1. The molecule has 0 spiro atoms. The maximum absolute atomic E-state index is 5.04. The van der Waals surface area contributed by atoms with Crippen LogP contribution in [-0.2, 0) is 19.9 Å². The fourth-order valence-electron chi connectivity index (χ4n) is 4.26. The minimum atomic E-state index is 0.355. The molecular weight excluding hydrogens is 324 g/mol. The topological polar surface area (TPSA) is 59.7 Å². The lowest BCUT2D eigenvalue weighted by Crippen LogP contribution is -2.25. The highest BCUT2D eigenvalue weighted by Gasteiger charge is 2.32. The molecule has 1 atom stereocenters. The van der Waals surface area contributed by atoms with Crippen LogP contribution in [0.1, 0.15) is 42.1 Å². The zero-order valence-corrected chi connectivity index (χ0v) is 15.0. The Labute approximate surface area is 152 Å². The number of hydrogen-bond acceptors (Lipinski definition) is 5. The van der Waals surface area contributed by atoms with Gasteiger partial charge in [0, 0.05) is 54.6 Å². The van der Waals surface area contributed by atoms with Gasteiger partial charge in [-0.3, -0.25) is 9.67 Å². The van der Waals surface area contributed by atoms with Crippen LogP contribution in [0.15, 0.2) is 36.9 Å². The van der Waals surface area contributed by atoms with Gasteiger partial charge < -0.3 is 4.90 Å². The molecule has 1 unspecified atom stereocenters. The van der Waals surface area contributed by atoms with E-state index in [9.17, 15) is 0 Å². The van der Waals surface area contributed by atoms with Gasteiger partial charge in [-0.1, -0.05) is 0 Å². The molecular formula is C20H22N6. The van der Waals surface area contributed by atoms with Crippen LogP contribution < -0.4 is 4.90 Å². The zero-order valence-electron chi connectivity index (χ0n) is 15.0. The molecule has 6 nitrogen and oxygen atoms in total. The van der Waals surface area contributed by atoms with Gasteiger partial charge in [-0.25, -0.2) is 9.97 Å². The Kier molecular flexibility index (Phi) is 3.69. The molecule has 1 saturated heterocycles. The maximum Gasteiger partial charge on any atom is 0.161 e. The summed E-state index contributed by atoms with van der Waals surface area (Å²) in [6, 6.07) is 4.33. The van der Waals surface area contributed by atoms with Crippen LogP contribution in [0.5, 0.6) is 0 Å². The van der Waals surface area contributed by atoms with Crippen LogP contribution in [0, 0.1) is 0 Å². The first-order valence-electron chi connectivity index (χ1n) is 9.35. The van der Waals surface area contributed by atoms with Crippen molar-refractivity contribution >= 4 is 5.82 Å². The summed E-state index contributed by atoms with van der Waals surface area (Å²) in [6.45, 7) is 1.04. The molecule has 1 aliphatic carbocycles. The summed E-state index contributed by atoms with van der Waals surface area (Å²) < 4.78 is 1.89. The average Bonchev–Trinajstić information content (AvgIpc) is 3.41. The molecule has 0 bridgehead atoms. The third kappa shape index (κ3) is 2.57. The molecule has 132 valence electrons. The van der Waals surface area contributed by atoms with E-state index in [1.165, 1.54) is 29.7 Å². The van der Waals surface area contributed by atoms with E-state index >= 15 is 0 Å². The maximum atomic E-state index is 5.04. The molecule has 6 heteroatoms. The number of rotatable bonds is 3. The first-order valence-corrected chi connectivity index (χ1v) is 9.35. The number of hydrogen-bond donors (Lipinski definition) is 0. The Morgan fingerprint density at radius 3 is 2.77 bits per heavy atom. The first kappa shape index (κ1) is 15.5. The van der Waals surface area contributed by atoms with E-state index in [0.29, 0.717) is 6.04 Å². The van der Waals surface area contributed by atoms with E-state index in [-0.39, 0.29) is 0 Å². The van der Waals surface area contributed by atoms with Crippen molar-refractivity contribution in [3.05, 3.63) is 53.7 Å².